The summed E-state index contributed by atoms with van der Waals surface area (Å²) >= 11 is 3.62. The molecule has 2 nitrogen and oxygen atoms in total. The van der Waals surface area contributed by atoms with Crippen LogP contribution in [0.3, 0.4) is 0 Å². The third kappa shape index (κ3) is 4.55. The first-order chi connectivity index (χ1) is 7.13. The summed E-state index contributed by atoms with van der Waals surface area (Å²) in [6.45, 7) is 5.58. The summed E-state index contributed by atoms with van der Waals surface area (Å²) in [5.74, 6) is 0.668. The highest BCUT2D eigenvalue weighted by Gasteiger charge is 2.14. The van der Waals surface area contributed by atoms with Crippen LogP contribution in [-0.2, 0) is 0 Å². The molecule has 4 heteroatoms. The Balaban J connectivity index is 2.37. The molecule has 0 aromatic carbocycles. The topological polar surface area (TPSA) is 15.3 Å². The zero-order valence-electron chi connectivity index (χ0n) is 9.86. The molecule has 1 unspecified atom stereocenters. The van der Waals surface area contributed by atoms with E-state index in [0.29, 0.717) is 12.0 Å². The molecule has 1 aromatic rings. The Hall–Kier alpha value is -0.0300. The van der Waals surface area contributed by atoms with E-state index in [2.05, 4.69) is 48.0 Å². The largest absolute Gasteiger partial charge is 0.315 e. The Morgan fingerprint density at radius 1 is 1.53 bits per heavy atom. The smallest absolute Gasteiger partial charge is 0.0753 e. The van der Waals surface area contributed by atoms with Gasteiger partial charge in [-0.2, -0.15) is 0 Å². The van der Waals surface area contributed by atoms with Crippen molar-refractivity contribution in [3.8, 4) is 0 Å². The second-order valence-electron chi connectivity index (χ2n) is 3.97. The number of hydrogen-bond acceptors (Lipinski definition) is 4. The zero-order chi connectivity index (χ0) is 11.3. The Kier molecular flexibility index (Phi) is 5.68. The molecule has 0 aliphatic heterocycles. The Morgan fingerprint density at radius 3 is 2.73 bits per heavy atom. The van der Waals surface area contributed by atoms with E-state index in [4.69, 9.17) is 0 Å². The van der Waals surface area contributed by atoms with Crippen LogP contribution in [0.25, 0.3) is 0 Å². The molecule has 1 heterocycles. The second-order valence-corrected chi connectivity index (χ2v) is 6.42. The van der Waals surface area contributed by atoms with Gasteiger partial charge in [-0.25, -0.2) is 4.31 Å². The molecule has 1 aromatic heterocycles. The third-order valence-corrected chi connectivity index (χ3v) is 4.32. The van der Waals surface area contributed by atoms with E-state index >= 15 is 0 Å². The van der Waals surface area contributed by atoms with Crippen molar-refractivity contribution in [3.05, 3.63) is 17.5 Å². The van der Waals surface area contributed by atoms with E-state index in [1.807, 2.05) is 19.0 Å². The van der Waals surface area contributed by atoms with E-state index < -0.39 is 0 Å². The van der Waals surface area contributed by atoms with E-state index in [1.165, 1.54) is 4.21 Å². The molecule has 0 spiro atoms. The molecule has 1 N–H and O–H groups in total. The number of nitrogens with one attached hydrogen (secondary N) is 1. The quantitative estimate of drug-likeness (QED) is 0.775. The van der Waals surface area contributed by atoms with E-state index in [-0.39, 0.29) is 0 Å². The van der Waals surface area contributed by atoms with Crippen LogP contribution in [0.2, 0.25) is 0 Å². The predicted molar refractivity (Wildman–Crippen MR) is 70.5 cm³/mol. The lowest BCUT2D eigenvalue weighted by molar-refractivity contribution is 0.362. The van der Waals surface area contributed by atoms with Crippen molar-refractivity contribution in [2.24, 2.45) is 5.92 Å². The molecule has 0 fully saturated rings. The summed E-state index contributed by atoms with van der Waals surface area (Å²) in [6.07, 6.45) is 0. The molecule has 0 aliphatic carbocycles. The molecule has 0 radical (unpaired) electrons. The van der Waals surface area contributed by atoms with E-state index in [0.717, 1.165) is 6.54 Å². The lowest BCUT2D eigenvalue weighted by Crippen LogP contribution is -2.39. The van der Waals surface area contributed by atoms with Crippen LogP contribution in [0.15, 0.2) is 21.7 Å². The summed E-state index contributed by atoms with van der Waals surface area (Å²) in [5, 5.41) is 5.48. The fourth-order valence-corrected chi connectivity index (χ4v) is 3.27. The highest BCUT2D eigenvalue weighted by Crippen LogP contribution is 2.26. The van der Waals surface area contributed by atoms with Crippen LogP contribution in [-0.4, -0.2) is 31.0 Å². The molecule has 86 valence electrons. The minimum atomic E-state index is 0.558. The molecular weight excluding hydrogens is 224 g/mol. The number of rotatable bonds is 6. The average Bonchev–Trinajstić information content (AvgIpc) is 2.66. The van der Waals surface area contributed by atoms with Crippen molar-refractivity contribution >= 4 is 23.3 Å². The molecule has 15 heavy (non-hydrogen) atoms. The van der Waals surface area contributed by atoms with Gasteiger partial charge in [0.15, 0.2) is 0 Å². The summed E-state index contributed by atoms with van der Waals surface area (Å²) < 4.78 is 3.66. The first-order valence-corrected chi connectivity index (χ1v) is 6.88. The number of nitrogens with zero attached hydrogens (tertiary/aromatic N) is 1. The van der Waals surface area contributed by atoms with Gasteiger partial charge in [-0.05, 0) is 43.4 Å². The van der Waals surface area contributed by atoms with Gasteiger partial charge in [-0.1, -0.05) is 19.9 Å². The second kappa shape index (κ2) is 6.53. The molecule has 1 atom stereocenters. The molecular formula is C11H20N2S2. The molecule has 0 bridgehead atoms. The fraction of sp³-hybridized carbons (Fsp3) is 0.636. The van der Waals surface area contributed by atoms with Crippen LogP contribution in [0, 0.1) is 5.92 Å². The highest BCUT2D eigenvalue weighted by molar-refractivity contribution is 7.98. The average molecular weight is 244 g/mol. The highest BCUT2D eigenvalue weighted by atomic mass is 32.2. The van der Waals surface area contributed by atoms with Gasteiger partial charge in [0, 0.05) is 12.6 Å². The first-order valence-electron chi connectivity index (χ1n) is 5.23. The van der Waals surface area contributed by atoms with Gasteiger partial charge in [0.05, 0.1) is 4.21 Å². The van der Waals surface area contributed by atoms with Crippen molar-refractivity contribution in [2.75, 3.05) is 20.6 Å². The van der Waals surface area contributed by atoms with Gasteiger partial charge < -0.3 is 5.32 Å². The number of likely N-dealkylation sites (N-methyl/N-ethyl adjacent to an activating group) is 2. The summed E-state index contributed by atoms with van der Waals surface area (Å²) in [5.41, 5.74) is 0. The van der Waals surface area contributed by atoms with Crippen LogP contribution >= 0.6 is 23.3 Å². The van der Waals surface area contributed by atoms with Crippen molar-refractivity contribution in [1.82, 2.24) is 9.62 Å². The maximum Gasteiger partial charge on any atom is 0.0753 e. The number of thiophene rings is 1. The first kappa shape index (κ1) is 13.0. The maximum atomic E-state index is 3.36. The van der Waals surface area contributed by atoms with Crippen LogP contribution in [0.4, 0.5) is 0 Å². The van der Waals surface area contributed by atoms with Crippen molar-refractivity contribution in [3.63, 3.8) is 0 Å². The predicted octanol–water partition coefficient (Wildman–Crippen LogP) is 2.93. The lowest BCUT2D eigenvalue weighted by atomic mass is 10.1. The van der Waals surface area contributed by atoms with Gasteiger partial charge in [-0.3, -0.25) is 0 Å². The van der Waals surface area contributed by atoms with Gasteiger partial charge in [0.1, 0.15) is 0 Å². The van der Waals surface area contributed by atoms with Crippen molar-refractivity contribution < 1.29 is 0 Å². The summed E-state index contributed by atoms with van der Waals surface area (Å²) in [6, 6.07) is 4.82. The molecule has 0 aliphatic rings. The minimum Gasteiger partial charge on any atom is -0.315 e. The van der Waals surface area contributed by atoms with Gasteiger partial charge in [0.2, 0.25) is 0 Å². The molecule has 0 saturated carbocycles. The van der Waals surface area contributed by atoms with Crippen LogP contribution in [0.1, 0.15) is 13.8 Å². The Labute approximate surface area is 101 Å². The fourth-order valence-electron chi connectivity index (χ4n) is 1.42. The molecule has 1 rings (SSSR count). The van der Waals surface area contributed by atoms with Gasteiger partial charge in [-0.15, -0.1) is 11.3 Å². The van der Waals surface area contributed by atoms with Gasteiger partial charge in [0.25, 0.3) is 0 Å². The van der Waals surface area contributed by atoms with E-state index in [1.54, 1.807) is 11.3 Å². The molecule has 0 saturated heterocycles. The standard InChI is InChI=1S/C11H20N2S2/c1-9(2)10(12-3)8-13(4)15-11-6-5-7-14-11/h5-7,9-10,12H,8H2,1-4H3. The molecule has 0 amide bonds. The van der Waals surface area contributed by atoms with Crippen molar-refractivity contribution in [1.29, 1.82) is 0 Å². The van der Waals surface area contributed by atoms with Crippen LogP contribution in [0.5, 0.6) is 0 Å². The third-order valence-electron chi connectivity index (χ3n) is 2.37. The summed E-state index contributed by atoms with van der Waals surface area (Å²) in [4.78, 5) is 0. The monoisotopic (exact) mass is 244 g/mol. The van der Waals surface area contributed by atoms with Gasteiger partial charge >= 0.3 is 0 Å². The summed E-state index contributed by atoms with van der Waals surface area (Å²) in [7, 11) is 4.19. The Bertz CT molecular complexity index is 260. The normalized spacial score (nSPS) is 13.7. The maximum absolute atomic E-state index is 3.36. The Morgan fingerprint density at radius 2 is 2.27 bits per heavy atom. The lowest BCUT2D eigenvalue weighted by Gasteiger charge is -2.25. The number of hydrogen-bond donors (Lipinski definition) is 1. The minimum absolute atomic E-state index is 0.558. The van der Waals surface area contributed by atoms with Crippen molar-refractivity contribution in [2.45, 2.75) is 24.1 Å². The van der Waals surface area contributed by atoms with Crippen LogP contribution < -0.4 is 5.32 Å². The SMILES string of the molecule is CNC(CN(C)Sc1cccs1)C(C)C. The zero-order valence-corrected chi connectivity index (χ0v) is 11.5. The van der Waals surface area contributed by atoms with E-state index in [9.17, 15) is 0 Å².